The SMILES string of the molecule is CCOC(=O)NC(=O)COC(=O)/C=C/c1ccc(F)cc1. The van der Waals surface area contributed by atoms with Crippen LogP contribution in [0.2, 0.25) is 0 Å². The normalized spacial score (nSPS) is 10.2. The van der Waals surface area contributed by atoms with E-state index in [9.17, 15) is 18.8 Å². The molecule has 0 spiro atoms. The first-order valence-corrected chi connectivity index (χ1v) is 6.08. The third kappa shape index (κ3) is 6.86. The first-order valence-electron chi connectivity index (χ1n) is 6.08. The highest BCUT2D eigenvalue weighted by atomic mass is 19.1. The Hall–Kier alpha value is -2.70. The lowest BCUT2D eigenvalue weighted by molar-refractivity contribution is -0.143. The van der Waals surface area contributed by atoms with Gasteiger partial charge in [-0.05, 0) is 30.7 Å². The molecule has 6 nitrogen and oxygen atoms in total. The number of alkyl carbamates (subject to hydrolysis) is 1. The number of halogens is 1. The van der Waals surface area contributed by atoms with E-state index < -0.39 is 24.6 Å². The van der Waals surface area contributed by atoms with E-state index in [-0.39, 0.29) is 12.4 Å². The van der Waals surface area contributed by atoms with Crippen LogP contribution >= 0.6 is 0 Å². The maximum atomic E-state index is 12.7. The van der Waals surface area contributed by atoms with Gasteiger partial charge < -0.3 is 9.47 Å². The summed E-state index contributed by atoms with van der Waals surface area (Å²) in [5.41, 5.74) is 0.601. The molecular formula is C14H14FNO5. The lowest BCUT2D eigenvalue weighted by atomic mass is 10.2. The molecule has 1 aromatic rings. The maximum absolute atomic E-state index is 12.7. The molecule has 0 bridgehead atoms. The number of carbonyl (C=O) groups is 3. The Morgan fingerprint density at radius 3 is 2.48 bits per heavy atom. The molecule has 0 aliphatic carbocycles. The minimum atomic E-state index is -0.902. The van der Waals surface area contributed by atoms with Gasteiger partial charge in [-0.2, -0.15) is 0 Å². The van der Waals surface area contributed by atoms with Gasteiger partial charge in [0, 0.05) is 6.08 Å². The molecule has 0 saturated heterocycles. The lowest BCUT2D eigenvalue weighted by Gasteiger charge is -2.04. The van der Waals surface area contributed by atoms with Crippen LogP contribution in [0.3, 0.4) is 0 Å². The summed E-state index contributed by atoms with van der Waals surface area (Å²) < 4.78 is 21.7. The molecule has 1 aromatic carbocycles. The Morgan fingerprint density at radius 2 is 1.86 bits per heavy atom. The average molecular weight is 295 g/mol. The van der Waals surface area contributed by atoms with Crippen molar-refractivity contribution in [1.29, 1.82) is 0 Å². The molecule has 112 valence electrons. The topological polar surface area (TPSA) is 81.7 Å². The highest BCUT2D eigenvalue weighted by molar-refractivity contribution is 5.94. The van der Waals surface area contributed by atoms with Gasteiger partial charge in [0.15, 0.2) is 6.61 Å². The first-order chi connectivity index (χ1) is 10.0. The van der Waals surface area contributed by atoms with Gasteiger partial charge in [0.25, 0.3) is 5.91 Å². The van der Waals surface area contributed by atoms with Crippen LogP contribution in [0.5, 0.6) is 0 Å². The number of esters is 1. The summed E-state index contributed by atoms with van der Waals surface area (Å²) in [5.74, 6) is -1.94. The molecule has 0 atom stereocenters. The number of imide groups is 1. The summed E-state index contributed by atoms with van der Waals surface area (Å²) in [6.45, 7) is 1.11. The van der Waals surface area contributed by atoms with Crippen LogP contribution in [0.25, 0.3) is 6.08 Å². The highest BCUT2D eigenvalue weighted by Gasteiger charge is 2.09. The standard InChI is InChI=1S/C14H14FNO5/c1-2-20-14(19)16-12(17)9-21-13(18)8-5-10-3-6-11(15)7-4-10/h3-8H,2,9H2,1H3,(H,16,17,19)/b8-5+. The van der Waals surface area contributed by atoms with Crippen LogP contribution in [-0.2, 0) is 19.1 Å². The van der Waals surface area contributed by atoms with Gasteiger partial charge in [-0.25, -0.2) is 14.0 Å². The largest absolute Gasteiger partial charge is 0.452 e. The van der Waals surface area contributed by atoms with Crippen LogP contribution in [0, 0.1) is 5.82 Å². The summed E-state index contributed by atoms with van der Waals surface area (Å²) in [4.78, 5) is 33.4. The fourth-order valence-electron chi connectivity index (χ4n) is 1.24. The van der Waals surface area contributed by atoms with Crippen molar-refractivity contribution in [1.82, 2.24) is 5.32 Å². The second-order valence-corrected chi connectivity index (χ2v) is 3.76. The summed E-state index contributed by atoms with van der Waals surface area (Å²) in [6.07, 6.45) is 1.59. The van der Waals surface area contributed by atoms with Gasteiger partial charge in [0.05, 0.1) is 6.61 Å². The Labute approximate surface area is 120 Å². The van der Waals surface area contributed by atoms with Gasteiger partial charge in [-0.3, -0.25) is 10.1 Å². The van der Waals surface area contributed by atoms with Crippen LogP contribution < -0.4 is 5.32 Å². The molecule has 1 rings (SSSR count). The van der Waals surface area contributed by atoms with E-state index in [0.717, 1.165) is 6.08 Å². The van der Waals surface area contributed by atoms with Crippen molar-refractivity contribution in [3.8, 4) is 0 Å². The summed E-state index contributed by atoms with van der Waals surface area (Å²) in [6, 6.07) is 5.45. The molecule has 0 saturated carbocycles. The molecule has 21 heavy (non-hydrogen) atoms. The number of ether oxygens (including phenoxy) is 2. The number of hydrogen-bond donors (Lipinski definition) is 1. The minimum Gasteiger partial charge on any atom is -0.452 e. The molecule has 0 radical (unpaired) electrons. The Morgan fingerprint density at radius 1 is 1.19 bits per heavy atom. The fourth-order valence-corrected chi connectivity index (χ4v) is 1.24. The van der Waals surface area contributed by atoms with Crippen LogP contribution in [0.4, 0.5) is 9.18 Å². The smallest absolute Gasteiger partial charge is 0.413 e. The van der Waals surface area contributed by atoms with Crippen LogP contribution in [0.1, 0.15) is 12.5 Å². The van der Waals surface area contributed by atoms with E-state index in [1.807, 2.05) is 5.32 Å². The maximum Gasteiger partial charge on any atom is 0.413 e. The Bertz CT molecular complexity index is 539. The average Bonchev–Trinajstić information content (AvgIpc) is 2.44. The molecule has 0 unspecified atom stereocenters. The molecule has 0 fully saturated rings. The molecule has 0 aliphatic rings. The zero-order chi connectivity index (χ0) is 15.7. The molecule has 2 amide bonds. The Kier molecular flexibility index (Phi) is 6.59. The molecule has 0 aromatic heterocycles. The van der Waals surface area contributed by atoms with E-state index >= 15 is 0 Å². The predicted octanol–water partition coefficient (Wildman–Crippen LogP) is 1.65. The van der Waals surface area contributed by atoms with Gasteiger partial charge in [-0.15, -0.1) is 0 Å². The van der Waals surface area contributed by atoms with Crippen molar-refractivity contribution in [2.24, 2.45) is 0 Å². The second kappa shape index (κ2) is 8.47. The molecule has 7 heteroatoms. The van der Waals surface area contributed by atoms with Gasteiger partial charge in [0.2, 0.25) is 0 Å². The van der Waals surface area contributed by atoms with Crippen molar-refractivity contribution < 1.29 is 28.2 Å². The van der Waals surface area contributed by atoms with Gasteiger partial charge >= 0.3 is 12.1 Å². The van der Waals surface area contributed by atoms with Crippen molar-refractivity contribution in [2.45, 2.75) is 6.92 Å². The van der Waals surface area contributed by atoms with E-state index in [0.29, 0.717) is 5.56 Å². The van der Waals surface area contributed by atoms with Crippen molar-refractivity contribution >= 4 is 24.0 Å². The first kappa shape index (κ1) is 16.4. The van der Waals surface area contributed by atoms with Gasteiger partial charge in [0.1, 0.15) is 5.82 Å². The quantitative estimate of drug-likeness (QED) is 0.660. The number of hydrogen-bond acceptors (Lipinski definition) is 5. The van der Waals surface area contributed by atoms with Crippen LogP contribution in [0.15, 0.2) is 30.3 Å². The molecule has 0 heterocycles. The van der Waals surface area contributed by atoms with E-state index in [1.165, 1.54) is 30.3 Å². The van der Waals surface area contributed by atoms with Crippen molar-refractivity contribution in [3.63, 3.8) is 0 Å². The molecular weight excluding hydrogens is 281 g/mol. The molecule has 0 aliphatic heterocycles. The van der Waals surface area contributed by atoms with Crippen LogP contribution in [-0.4, -0.2) is 31.2 Å². The summed E-state index contributed by atoms with van der Waals surface area (Å²) in [7, 11) is 0. The third-order valence-corrected chi connectivity index (χ3v) is 2.14. The van der Waals surface area contributed by atoms with E-state index in [4.69, 9.17) is 0 Å². The lowest BCUT2D eigenvalue weighted by Crippen LogP contribution is -2.34. The summed E-state index contributed by atoms with van der Waals surface area (Å²) >= 11 is 0. The second-order valence-electron chi connectivity index (χ2n) is 3.76. The number of rotatable bonds is 5. The highest BCUT2D eigenvalue weighted by Crippen LogP contribution is 2.04. The van der Waals surface area contributed by atoms with Crippen molar-refractivity contribution in [2.75, 3.05) is 13.2 Å². The van der Waals surface area contributed by atoms with Crippen molar-refractivity contribution in [3.05, 3.63) is 41.7 Å². The minimum absolute atomic E-state index is 0.124. The zero-order valence-corrected chi connectivity index (χ0v) is 11.3. The monoisotopic (exact) mass is 295 g/mol. The number of carbonyl (C=O) groups excluding carboxylic acids is 3. The van der Waals surface area contributed by atoms with E-state index in [2.05, 4.69) is 9.47 Å². The number of amides is 2. The zero-order valence-electron chi connectivity index (χ0n) is 11.3. The third-order valence-electron chi connectivity index (χ3n) is 2.14. The predicted molar refractivity (Wildman–Crippen MR) is 71.6 cm³/mol. The van der Waals surface area contributed by atoms with E-state index in [1.54, 1.807) is 6.92 Å². The molecule has 1 N–H and O–H groups in total. The number of benzene rings is 1. The fraction of sp³-hybridized carbons (Fsp3) is 0.214. The van der Waals surface area contributed by atoms with Gasteiger partial charge in [-0.1, -0.05) is 12.1 Å². The summed E-state index contributed by atoms with van der Waals surface area (Å²) in [5, 5.41) is 1.87. The number of nitrogens with one attached hydrogen (secondary N) is 1. The Balaban J connectivity index is 2.35.